The lowest BCUT2D eigenvalue weighted by Gasteiger charge is -2.29. The number of hydrogen-bond donors (Lipinski definition) is 2. The van der Waals surface area contributed by atoms with Crippen LogP contribution < -0.4 is 10.1 Å². The van der Waals surface area contributed by atoms with Gasteiger partial charge in [-0.25, -0.2) is 13.2 Å². The molecule has 13 heteroatoms. The molecule has 40 heavy (non-hydrogen) atoms. The first-order valence-electron chi connectivity index (χ1n) is 12.7. The predicted octanol–water partition coefficient (Wildman–Crippen LogP) is 3.54. The monoisotopic (exact) mass is 587 g/mol. The van der Waals surface area contributed by atoms with Gasteiger partial charge in [-0.2, -0.15) is 17.5 Å². The van der Waals surface area contributed by atoms with E-state index in [2.05, 4.69) is 19.2 Å². The van der Waals surface area contributed by atoms with E-state index in [0.717, 1.165) is 30.6 Å². The molecule has 0 saturated carbocycles. The topological polar surface area (TPSA) is 116 Å². The number of ether oxygens (including phenoxy) is 1. The van der Waals surface area contributed by atoms with E-state index in [0.29, 0.717) is 24.8 Å². The fourth-order valence-electron chi connectivity index (χ4n) is 4.02. The van der Waals surface area contributed by atoms with Crippen molar-refractivity contribution in [3.63, 3.8) is 0 Å². The molecule has 0 unspecified atom stereocenters. The number of halogens is 3. The number of hydrogen-bond acceptors (Lipinski definition) is 6. The van der Waals surface area contributed by atoms with Crippen LogP contribution in [0.25, 0.3) is 0 Å². The molecule has 1 heterocycles. The summed E-state index contributed by atoms with van der Waals surface area (Å²) in [4.78, 5) is 23.7. The van der Waals surface area contributed by atoms with E-state index in [1.807, 2.05) is 36.4 Å². The maximum atomic E-state index is 13.6. The lowest BCUT2D eigenvalue weighted by Crippen LogP contribution is -2.47. The van der Waals surface area contributed by atoms with Crippen LogP contribution in [0.2, 0.25) is 0 Å². The van der Waals surface area contributed by atoms with Gasteiger partial charge in [0.1, 0.15) is 5.75 Å². The van der Waals surface area contributed by atoms with Crippen LogP contribution in [-0.4, -0.2) is 80.6 Å². The Morgan fingerprint density at radius 2 is 1.65 bits per heavy atom. The highest BCUT2D eigenvalue weighted by atomic mass is 32.2. The number of alkyl halides is 3. The summed E-state index contributed by atoms with van der Waals surface area (Å²) in [6.07, 6.45) is -4.05. The van der Waals surface area contributed by atoms with Crippen LogP contribution in [-0.2, 0) is 32.6 Å². The van der Waals surface area contributed by atoms with E-state index in [-0.39, 0.29) is 30.3 Å². The maximum absolute atomic E-state index is 13.6. The molecule has 2 N–H and O–H groups in total. The smallest absolute Gasteiger partial charge is 0.490 e. The van der Waals surface area contributed by atoms with Gasteiger partial charge >= 0.3 is 12.1 Å². The van der Waals surface area contributed by atoms with Crippen molar-refractivity contribution in [3.8, 4) is 5.75 Å². The summed E-state index contributed by atoms with van der Waals surface area (Å²) in [5, 5.41) is 10.4. The molecule has 3 rings (SSSR count). The molecule has 1 saturated heterocycles. The SMILES string of the molecule is COc1ccccc1CN(CCC(=O)N1CCNCC1)S(=O)(=O)c1ccc(CC(C)C)cc1.O=C(O)C(F)(F)F. The highest BCUT2D eigenvalue weighted by molar-refractivity contribution is 7.89. The number of carboxylic acids is 1. The van der Waals surface area contributed by atoms with Crippen LogP contribution in [0.4, 0.5) is 13.2 Å². The summed E-state index contributed by atoms with van der Waals surface area (Å²) < 4.78 is 65.8. The zero-order valence-electron chi connectivity index (χ0n) is 22.8. The highest BCUT2D eigenvalue weighted by Crippen LogP contribution is 2.25. The first-order chi connectivity index (χ1) is 18.8. The Morgan fingerprint density at radius 1 is 1.07 bits per heavy atom. The minimum Gasteiger partial charge on any atom is -0.496 e. The zero-order valence-corrected chi connectivity index (χ0v) is 23.6. The van der Waals surface area contributed by atoms with E-state index < -0.39 is 22.2 Å². The van der Waals surface area contributed by atoms with Crippen LogP contribution in [0.3, 0.4) is 0 Å². The van der Waals surface area contributed by atoms with Crippen molar-refractivity contribution in [3.05, 3.63) is 59.7 Å². The third-order valence-corrected chi connectivity index (χ3v) is 7.89. The van der Waals surface area contributed by atoms with Crippen molar-refractivity contribution in [1.82, 2.24) is 14.5 Å². The van der Waals surface area contributed by atoms with E-state index in [1.165, 1.54) is 4.31 Å². The number of aliphatic carboxylic acids is 1. The molecular formula is C27H36F3N3O6S. The number of carboxylic acid groups (broad SMARTS) is 1. The Bertz CT molecular complexity index is 1210. The summed E-state index contributed by atoms with van der Waals surface area (Å²) in [6.45, 7) is 7.33. The number of sulfonamides is 1. The maximum Gasteiger partial charge on any atom is 0.490 e. The summed E-state index contributed by atoms with van der Waals surface area (Å²) in [6, 6.07) is 14.5. The second-order valence-electron chi connectivity index (χ2n) is 9.58. The van der Waals surface area contributed by atoms with Gasteiger partial charge in [0.15, 0.2) is 0 Å². The number of rotatable bonds is 10. The number of carbonyl (C=O) groups excluding carboxylic acids is 1. The lowest BCUT2D eigenvalue weighted by atomic mass is 10.0. The number of methoxy groups -OCH3 is 1. The second kappa shape index (κ2) is 15.0. The number of piperazine rings is 1. The molecule has 0 bridgehead atoms. The molecule has 9 nitrogen and oxygen atoms in total. The van der Waals surface area contributed by atoms with Gasteiger partial charge < -0.3 is 20.1 Å². The highest BCUT2D eigenvalue weighted by Gasteiger charge is 2.38. The Kier molecular flexibility index (Phi) is 12.4. The van der Waals surface area contributed by atoms with E-state index in [1.54, 1.807) is 24.1 Å². The second-order valence-corrected chi connectivity index (χ2v) is 11.5. The summed E-state index contributed by atoms with van der Waals surface area (Å²) >= 11 is 0. The number of para-hydroxylation sites is 1. The minimum atomic E-state index is -5.08. The number of nitrogens with zero attached hydrogens (tertiary/aromatic N) is 2. The van der Waals surface area contributed by atoms with Crippen molar-refractivity contribution in [2.24, 2.45) is 5.92 Å². The van der Waals surface area contributed by atoms with Gasteiger partial charge in [0.05, 0.1) is 12.0 Å². The molecule has 1 amide bonds. The normalized spacial score (nSPS) is 14.1. The Labute approximate surface area is 233 Å². The average Bonchev–Trinajstić information content (AvgIpc) is 2.91. The summed E-state index contributed by atoms with van der Waals surface area (Å²) in [5.41, 5.74) is 1.86. The minimum absolute atomic E-state index is 0.0241. The van der Waals surface area contributed by atoms with Crippen LogP contribution in [0.1, 0.15) is 31.4 Å². The fourth-order valence-corrected chi connectivity index (χ4v) is 5.44. The van der Waals surface area contributed by atoms with Crippen LogP contribution >= 0.6 is 0 Å². The van der Waals surface area contributed by atoms with Crippen LogP contribution in [0.5, 0.6) is 5.75 Å². The van der Waals surface area contributed by atoms with Gasteiger partial charge in [0, 0.05) is 51.3 Å². The molecule has 0 atom stereocenters. The first kappa shape index (κ1) is 33.0. The van der Waals surface area contributed by atoms with E-state index in [9.17, 15) is 26.4 Å². The van der Waals surface area contributed by atoms with Gasteiger partial charge in [-0.3, -0.25) is 4.79 Å². The lowest BCUT2D eigenvalue weighted by molar-refractivity contribution is -0.192. The molecule has 2 aromatic rings. The third kappa shape index (κ3) is 10.1. The number of amides is 1. The predicted molar refractivity (Wildman–Crippen MR) is 143 cm³/mol. The van der Waals surface area contributed by atoms with Gasteiger partial charge in [0.2, 0.25) is 15.9 Å². The van der Waals surface area contributed by atoms with Gasteiger partial charge in [-0.1, -0.05) is 44.2 Å². The number of nitrogens with one attached hydrogen (secondary N) is 1. The molecule has 1 aliphatic rings. The summed E-state index contributed by atoms with van der Waals surface area (Å²) in [5.74, 6) is -1.67. The quantitative estimate of drug-likeness (QED) is 0.437. The Balaban J connectivity index is 0.000000708. The molecular weight excluding hydrogens is 551 g/mol. The molecule has 222 valence electrons. The van der Waals surface area contributed by atoms with Crippen molar-refractivity contribution in [2.75, 3.05) is 39.8 Å². The van der Waals surface area contributed by atoms with Crippen molar-refractivity contribution < 1.29 is 41.0 Å². The summed E-state index contributed by atoms with van der Waals surface area (Å²) in [7, 11) is -2.23. The largest absolute Gasteiger partial charge is 0.496 e. The third-order valence-electron chi connectivity index (χ3n) is 6.03. The van der Waals surface area contributed by atoms with Gasteiger partial charge in [-0.15, -0.1) is 0 Å². The fraction of sp³-hybridized carbons (Fsp3) is 0.481. The van der Waals surface area contributed by atoms with Crippen molar-refractivity contribution in [2.45, 2.75) is 44.3 Å². The molecule has 0 spiro atoms. The molecule has 0 radical (unpaired) electrons. The van der Waals surface area contributed by atoms with Gasteiger partial charge in [0.25, 0.3) is 0 Å². The standard InChI is InChI=1S/C25H35N3O4S.C2HF3O2/c1-20(2)18-21-8-10-23(11-9-21)33(30,31)28(19-22-6-4-5-7-24(22)32-3)15-12-25(29)27-16-13-26-14-17-27;3-2(4,5)1(6)7/h4-11,20,26H,12-19H2,1-3H3;(H,6,7). The van der Waals surface area contributed by atoms with Crippen LogP contribution in [0, 0.1) is 5.92 Å². The van der Waals surface area contributed by atoms with E-state index in [4.69, 9.17) is 14.6 Å². The molecule has 1 aliphatic heterocycles. The Hall–Kier alpha value is -3.16. The molecule has 2 aromatic carbocycles. The van der Waals surface area contributed by atoms with Crippen molar-refractivity contribution in [1.29, 1.82) is 0 Å². The number of benzene rings is 2. The molecule has 1 fully saturated rings. The van der Waals surface area contributed by atoms with Gasteiger partial charge in [-0.05, 0) is 36.1 Å². The Morgan fingerprint density at radius 3 is 2.17 bits per heavy atom. The van der Waals surface area contributed by atoms with E-state index >= 15 is 0 Å². The molecule has 0 aromatic heterocycles. The van der Waals surface area contributed by atoms with Crippen LogP contribution in [0.15, 0.2) is 53.4 Å². The average molecular weight is 588 g/mol. The molecule has 0 aliphatic carbocycles. The van der Waals surface area contributed by atoms with Crippen molar-refractivity contribution >= 4 is 21.9 Å². The first-order valence-corrected chi connectivity index (χ1v) is 14.2. The number of carbonyl (C=O) groups is 2. The zero-order chi connectivity index (χ0) is 29.9.